The fourth-order valence-corrected chi connectivity index (χ4v) is 2.79. The van der Waals surface area contributed by atoms with Crippen LogP contribution in [0, 0.1) is 11.6 Å². The van der Waals surface area contributed by atoms with Crippen LogP contribution in [0.3, 0.4) is 0 Å². The average Bonchev–Trinajstić information content (AvgIpc) is 2.83. The van der Waals surface area contributed by atoms with Gasteiger partial charge in [-0.3, -0.25) is 4.90 Å². The molecule has 1 aromatic carbocycles. The van der Waals surface area contributed by atoms with Gasteiger partial charge in [0.1, 0.15) is 18.0 Å². The highest BCUT2D eigenvalue weighted by atomic mass is 19.1. The summed E-state index contributed by atoms with van der Waals surface area (Å²) in [4.78, 5) is 9.80. The first-order valence-corrected chi connectivity index (χ1v) is 6.74. The molecule has 1 N–H and O–H groups in total. The molecule has 3 rings (SSSR count). The highest BCUT2D eigenvalue weighted by Gasteiger charge is 2.33. The number of β-amino-alcohol motifs (C(OH)–C–C–N with tert-alkyl or cyclic N) is 1. The highest BCUT2D eigenvalue weighted by molar-refractivity contribution is 5.24. The molecule has 2 heterocycles. The van der Waals surface area contributed by atoms with E-state index < -0.39 is 17.7 Å². The summed E-state index contributed by atoms with van der Waals surface area (Å²) < 4.78 is 27.3. The number of aliphatic hydroxyl groups is 1. The van der Waals surface area contributed by atoms with Crippen molar-refractivity contribution in [1.29, 1.82) is 0 Å². The maximum Gasteiger partial charge on any atom is 0.128 e. The fraction of sp³-hybridized carbons (Fsp3) is 0.333. The van der Waals surface area contributed by atoms with Crippen LogP contribution >= 0.6 is 0 Å². The van der Waals surface area contributed by atoms with Gasteiger partial charge in [-0.25, -0.2) is 18.7 Å². The van der Waals surface area contributed by atoms with E-state index >= 15 is 0 Å². The number of aliphatic hydroxyl groups excluding tert-OH is 1. The largest absolute Gasteiger partial charge is 0.392 e. The number of nitrogens with zero attached hydrogens (tertiary/aromatic N) is 3. The van der Waals surface area contributed by atoms with Crippen molar-refractivity contribution < 1.29 is 13.9 Å². The van der Waals surface area contributed by atoms with Crippen LogP contribution in [-0.2, 0) is 6.54 Å². The van der Waals surface area contributed by atoms with E-state index in [1.807, 2.05) is 4.90 Å². The Morgan fingerprint density at radius 1 is 1.24 bits per heavy atom. The molecule has 2 atom stereocenters. The predicted octanol–water partition coefficient (Wildman–Crippen LogP) is 2.06. The molecule has 0 amide bonds. The summed E-state index contributed by atoms with van der Waals surface area (Å²) in [5.74, 6) is -0.930. The van der Waals surface area contributed by atoms with Crippen LogP contribution < -0.4 is 0 Å². The number of hydrogen-bond acceptors (Lipinski definition) is 4. The van der Waals surface area contributed by atoms with E-state index in [0.29, 0.717) is 19.5 Å². The van der Waals surface area contributed by atoms with Crippen molar-refractivity contribution in [3.63, 3.8) is 0 Å². The number of rotatable bonds is 3. The Labute approximate surface area is 121 Å². The first kappa shape index (κ1) is 14.0. The Morgan fingerprint density at radius 3 is 2.76 bits per heavy atom. The van der Waals surface area contributed by atoms with Gasteiger partial charge in [0.05, 0.1) is 6.10 Å². The Kier molecular flexibility index (Phi) is 3.90. The Bertz CT molecular complexity index is 624. The number of likely N-dealkylation sites (tertiary alicyclic amines) is 1. The Morgan fingerprint density at radius 2 is 2.00 bits per heavy atom. The van der Waals surface area contributed by atoms with Gasteiger partial charge in [-0.2, -0.15) is 0 Å². The summed E-state index contributed by atoms with van der Waals surface area (Å²) >= 11 is 0. The van der Waals surface area contributed by atoms with Gasteiger partial charge in [-0.1, -0.05) is 0 Å². The number of aromatic nitrogens is 2. The molecule has 1 aromatic heterocycles. The van der Waals surface area contributed by atoms with Gasteiger partial charge in [0.2, 0.25) is 0 Å². The zero-order valence-electron chi connectivity index (χ0n) is 11.3. The molecule has 0 spiro atoms. The van der Waals surface area contributed by atoms with Crippen molar-refractivity contribution >= 4 is 0 Å². The SMILES string of the molecule is OC1CC(c2cc(F)ccc2F)N(Cc2cncnc2)C1. The third-order valence-electron chi connectivity index (χ3n) is 3.70. The molecule has 1 aliphatic rings. The van der Waals surface area contributed by atoms with Crippen molar-refractivity contribution in [2.45, 2.75) is 25.1 Å². The second-order valence-electron chi connectivity index (χ2n) is 5.25. The Hall–Kier alpha value is -1.92. The quantitative estimate of drug-likeness (QED) is 0.940. The number of hydrogen-bond donors (Lipinski definition) is 1. The molecule has 0 saturated carbocycles. The molecule has 0 radical (unpaired) electrons. The summed E-state index contributed by atoms with van der Waals surface area (Å²) in [5, 5.41) is 9.88. The van der Waals surface area contributed by atoms with E-state index in [1.54, 1.807) is 12.4 Å². The maximum atomic E-state index is 14.0. The van der Waals surface area contributed by atoms with Crippen LogP contribution in [0.1, 0.15) is 23.6 Å². The molecule has 21 heavy (non-hydrogen) atoms. The summed E-state index contributed by atoms with van der Waals surface area (Å²) in [6.45, 7) is 0.897. The van der Waals surface area contributed by atoms with Gasteiger partial charge in [0.25, 0.3) is 0 Å². The minimum absolute atomic E-state index is 0.281. The van der Waals surface area contributed by atoms with Crippen molar-refractivity contribution in [3.05, 3.63) is 59.7 Å². The van der Waals surface area contributed by atoms with Crippen LogP contribution in [0.2, 0.25) is 0 Å². The molecule has 4 nitrogen and oxygen atoms in total. The van der Waals surface area contributed by atoms with Gasteiger partial charge < -0.3 is 5.11 Å². The topological polar surface area (TPSA) is 49.2 Å². The van der Waals surface area contributed by atoms with Gasteiger partial charge in [0, 0.05) is 42.7 Å². The van der Waals surface area contributed by atoms with E-state index in [0.717, 1.165) is 17.7 Å². The third kappa shape index (κ3) is 3.06. The van der Waals surface area contributed by atoms with Crippen LogP contribution in [0.5, 0.6) is 0 Å². The maximum absolute atomic E-state index is 14.0. The molecule has 1 aliphatic heterocycles. The summed E-state index contributed by atoms with van der Waals surface area (Å²) in [5.41, 5.74) is 1.15. The predicted molar refractivity (Wildman–Crippen MR) is 72.2 cm³/mol. The van der Waals surface area contributed by atoms with Gasteiger partial charge in [0.15, 0.2) is 0 Å². The first-order valence-electron chi connectivity index (χ1n) is 6.74. The highest BCUT2D eigenvalue weighted by Crippen LogP contribution is 2.34. The lowest BCUT2D eigenvalue weighted by molar-refractivity contribution is 0.172. The summed E-state index contributed by atoms with van der Waals surface area (Å²) in [6.07, 6.45) is 4.62. The van der Waals surface area contributed by atoms with Crippen molar-refractivity contribution in [3.8, 4) is 0 Å². The van der Waals surface area contributed by atoms with E-state index in [1.165, 1.54) is 12.4 Å². The van der Waals surface area contributed by atoms with E-state index in [-0.39, 0.29) is 11.6 Å². The smallest absolute Gasteiger partial charge is 0.128 e. The minimum Gasteiger partial charge on any atom is -0.392 e. The molecule has 0 aliphatic carbocycles. The zero-order chi connectivity index (χ0) is 14.8. The molecular weight excluding hydrogens is 276 g/mol. The van der Waals surface area contributed by atoms with Crippen LogP contribution in [0.15, 0.2) is 36.9 Å². The Balaban J connectivity index is 1.87. The molecule has 2 aromatic rings. The summed E-state index contributed by atoms with van der Waals surface area (Å²) in [7, 11) is 0. The standard InChI is InChI=1S/C15H15F2N3O/c16-11-1-2-14(17)13(3-11)15-4-12(21)8-20(15)7-10-5-18-9-19-6-10/h1-3,5-6,9,12,15,21H,4,7-8H2. The van der Waals surface area contributed by atoms with E-state index in [2.05, 4.69) is 9.97 Å². The van der Waals surface area contributed by atoms with Gasteiger partial charge in [-0.15, -0.1) is 0 Å². The van der Waals surface area contributed by atoms with Gasteiger partial charge >= 0.3 is 0 Å². The van der Waals surface area contributed by atoms with Gasteiger partial charge in [-0.05, 0) is 24.6 Å². The van der Waals surface area contributed by atoms with E-state index in [9.17, 15) is 13.9 Å². The van der Waals surface area contributed by atoms with Crippen molar-refractivity contribution in [1.82, 2.24) is 14.9 Å². The monoisotopic (exact) mass is 291 g/mol. The molecule has 2 unspecified atom stereocenters. The molecular formula is C15H15F2N3O. The number of benzene rings is 1. The van der Waals surface area contributed by atoms with Crippen molar-refractivity contribution in [2.24, 2.45) is 0 Å². The van der Waals surface area contributed by atoms with Crippen molar-refractivity contribution in [2.75, 3.05) is 6.54 Å². The third-order valence-corrected chi connectivity index (χ3v) is 3.70. The molecule has 110 valence electrons. The second kappa shape index (κ2) is 5.83. The zero-order valence-corrected chi connectivity index (χ0v) is 11.3. The minimum atomic E-state index is -0.553. The molecule has 1 fully saturated rings. The van der Waals surface area contributed by atoms with Crippen LogP contribution in [-0.4, -0.2) is 32.6 Å². The normalized spacial score (nSPS) is 22.6. The lowest BCUT2D eigenvalue weighted by Crippen LogP contribution is -2.25. The molecule has 0 bridgehead atoms. The molecule has 6 heteroatoms. The first-order chi connectivity index (χ1) is 10.1. The lowest BCUT2D eigenvalue weighted by Gasteiger charge is -2.24. The van der Waals surface area contributed by atoms with Crippen LogP contribution in [0.4, 0.5) is 8.78 Å². The lowest BCUT2D eigenvalue weighted by atomic mass is 10.0. The van der Waals surface area contributed by atoms with Crippen LogP contribution in [0.25, 0.3) is 0 Å². The molecule has 1 saturated heterocycles. The average molecular weight is 291 g/mol. The number of halogens is 2. The summed E-state index contributed by atoms with van der Waals surface area (Å²) in [6, 6.07) is 3.07. The van der Waals surface area contributed by atoms with E-state index in [4.69, 9.17) is 0 Å². The fourth-order valence-electron chi connectivity index (χ4n) is 2.79. The second-order valence-corrected chi connectivity index (χ2v) is 5.25.